The van der Waals surface area contributed by atoms with Crippen molar-refractivity contribution in [1.82, 2.24) is 9.88 Å². The number of piperidine rings is 1. The van der Waals surface area contributed by atoms with Gasteiger partial charge in [0.25, 0.3) is 0 Å². The fourth-order valence-electron chi connectivity index (χ4n) is 3.89. The van der Waals surface area contributed by atoms with Gasteiger partial charge in [0.2, 0.25) is 5.89 Å². The summed E-state index contributed by atoms with van der Waals surface area (Å²) in [6.07, 6.45) is 5.96. The van der Waals surface area contributed by atoms with Crippen molar-refractivity contribution in [2.45, 2.75) is 38.3 Å². The lowest BCUT2D eigenvalue weighted by molar-refractivity contribution is -0.139. The van der Waals surface area contributed by atoms with E-state index in [1.165, 1.54) is 12.0 Å². The first-order valence-corrected chi connectivity index (χ1v) is 10.3. The van der Waals surface area contributed by atoms with Crippen molar-refractivity contribution in [2.75, 3.05) is 13.2 Å². The van der Waals surface area contributed by atoms with E-state index in [4.69, 9.17) is 14.3 Å². The standard InChI is InChI=1S/C24H26N2O4/c27-23(28)17-29-20-11-9-19(10-12-20)16-26-13-5-4-8-22(26)24-25-15-21(30-24)14-18-6-2-1-3-7-18/h1-3,6-7,9-12,15,22H,4-5,8,13-14,16-17H2,(H,27,28). The maximum Gasteiger partial charge on any atom is 0.341 e. The molecule has 2 aromatic carbocycles. The van der Waals surface area contributed by atoms with Crippen LogP contribution in [0.25, 0.3) is 0 Å². The number of nitrogens with zero attached hydrogens (tertiary/aromatic N) is 2. The highest BCUT2D eigenvalue weighted by molar-refractivity contribution is 5.68. The summed E-state index contributed by atoms with van der Waals surface area (Å²) in [5.41, 5.74) is 2.37. The minimum atomic E-state index is -0.979. The molecular formula is C24H26N2O4. The minimum absolute atomic E-state index is 0.172. The molecule has 0 bridgehead atoms. The van der Waals surface area contributed by atoms with Crippen molar-refractivity contribution in [2.24, 2.45) is 0 Å². The van der Waals surface area contributed by atoms with Gasteiger partial charge in [-0.3, -0.25) is 4.90 Å². The van der Waals surface area contributed by atoms with Gasteiger partial charge in [0.15, 0.2) is 6.61 Å². The Balaban J connectivity index is 1.41. The van der Waals surface area contributed by atoms with Gasteiger partial charge in [0.05, 0.1) is 12.2 Å². The first-order valence-electron chi connectivity index (χ1n) is 10.3. The number of ether oxygens (including phenoxy) is 1. The number of oxazole rings is 1. The molecule has 1 N–H and O–H groups in total. The quantitative estimate of drug-likeness (QED) is 0.595. The summed E-state index contributed by atoms with van der Waals surface area (Å²) in [7, 11) is 0. The van der Waals surface area contributed by atoms with Crippen LogP contribution in [0.5, 0.6) is 5.75 Å². The van der Waals surface area contributed by atoms with Crippen LogP contribution in [0.1, 0.15) is 48.1 Å². The second-order valence-corrected chi connectivity index (χ2v) is 7.64. The lowest BCUT2D eigenvalue weighted by Crippen LogP contribution is -2.33. The van der Waals surface area contributed by atoms with Crippen LogP contribution in [-0.4, -0.2) is 34.1 Å². The first kappa shape index (κ1) is 20.2. The second-order valence-electron chi connectivity index (χ2n) is 7.64. The van der Waals surface area contributed by atoms with Crippen LogP contribution in [0, 0.1) is 0 Å². The third kappa shape index (κ3) is 5.27. The van der Waals surface area contributed by atoms with Crippen LogP contribution in [0.3, 0.4) is 0 Å². The molecule has 1 fully saturated rings. The van der Waals surface area contributed by atoms with Gasteiger partial charge in [-0.25, -0.2) is 9.78 Å². The van der Waals surface area contributed by atoms with Crippen molar-refractivity contribution in [3.05, 3.63) is 83.6 Å². The van der Waals surface area contributed by atoms with Crippen molar-refractivity contribution < 1.29 is 19.1 Å². The van der Waals surface area contributed by atoms with Crippen LogP contribution in [0.15, 0.2) is 65.2 Å². The van der Waals surface area contributed by atoms with Crippen LogP contribution in [0.4, 0.5) is 0 Å². The van der Waals surface area contributed by atoms with Crippen LogP contribution in [-0.2, 0) is 17.8 Å². The van der Waals surface area contributed by atoms with E-state index in [-0.39, 0.29) is 12.6 Å². The van der Waals surface area contributed by atoms with Crippen LogP contribution >= 0.6 is 0 Å². The van der Waals surface area contributed by atoms with Gasteiger partial charge in [0, 0.05) is 13.0 Å². The topological polar surface area (TPSA) is 75.8 Å². The number of rotatable bonds is 8. The molecule has 4 rings (SSSR count). The average molecular weight is 406 g/mol. The molecule has 1 aliphatic heterocycles. The molecule has 0 amide bonds. The highest BCUT2D eigenvalue weighted by Gasteiger charge is 2.28. The molecule has 0 radical (unpaired) electrons. The molecule has 1 aliphatic rings. The number of carboxylic acids is 1. The molecule has 1 unspecified atom stereocenters. The van der Waals surface area contributed by atoms with E-state index < -0.39 is 5.97 Å². The van der Waals surface area contributed by atoms with Gasteiger partial charge in [-0.05, 0) is 42.6 Å². The number of aromatic nitrogens is 1. The zero-order valence-corrected chi connectivity index (χ0v) is 16.9. The molecule has 30 heavy (non-hydrogen) atoms. The van der Waals surface area contributed by atoms with Gasteiger partial charge >= 0.3 is 5.97 Å². The third-order valence-electron chi connectivity index (χ3n) is 5.36. The molecule has 0 spiro atoms. The number of aliphatic carboxylic acids is 1. The predicted octanol–water partition coefficient (Wildman–Crippen LogP) is 4.46. The van der Waals surface area contributed by atoms with Crippen LogP contribution < -0.4 is 4.74 Å². The smallest absolute Gasteiger partial charge is 0.341 e. The largest absolute Gasteiger partial charge is 0.482 e. The summed E-state index contributed by atoms with van der Waals surface area (Å²) in [6.45, 7) is 1.46. The maximum atomic E-state index is 10.6. The maximum absolute atomic E-state index is 10.6. The van der Waals surface area contributed by atoms with Gasteiger partial charge in [-0.2, -0.15) is 0 Å². The highest BCUT2D eigenvalue weighted by Crippen LogP contribution is 2.32. The summed E-state index contributed by atoms with van der Waals surface area (Å²) < 4.78 is 11.4. The third-order valence-corrected chi connectivity index (χ3v) is 5.36. The summed E-state index contributed by atoms with van der Waals surface area (Å²) >= 11 is 0. The Kier molecular flexibility index (Phi) is 6.44. The second kappa shape index (κ2) is 9.59. The van der Waals surface area contributed by atoms with E-state index in [0.717, 1.165) is 49.6 Å². The Bertz CT molecular complexity index is 953. The fraction of sp³-hybridized carbons (Fsp3) is 0.333. The molecular weight excluding hydrogens is 380 g/mol. The molecule has 3 aromatic rings. The Hall–Kier alpha value is -3.12. The number of hydrogen-bond donors (Lipinski definition) is 1. The van der Waals surface area contributed by atoms with E-state index in [1.807, 2.05) is 48.7 Å². The number of benzene rings is 2. The summed E-state index contributed by atoms with van der Waals surface area (Å²) in [6, 6.07) is 18.1. The van der Waals surface area contributed by atoms with E-state index >= 15 is 0 Å². The normalized spacial score (nSPS) is 17.0. The molecule has 2 heterocycles. The molecule has 6 heteroatoms. The van der Waals surface area contributed by atoms with Gasteiger partial charge < -0.3 is 14.3 Å². The molecule has 1 atom stereocenters. The van der Waals surface area contributed by atoms with Crippen molar-refractivity contribution in [1.29, 1.82) is 0 Å². The summed E-state index contributed by atoms with van der Waals surface area (Å²) in [4.78, 5) is 17.6. The number of carboxylic acid groups (broad SMARTS) is 1. The molecule has 6 nitrogen and oxygen atoms in total. The lowest BCUT2D eigenvalue weighted by Gasteiger charge is -2.33. The Morgan fingerprint density at radius 1 is 1.10 bits per heavy atom. The minimum Gasteiger partial charge on any atom is -0.482 e. The SMILES string of the molecule is O=C(O)COc1ccc(CN2CCCCC2c2ncc(Cc3ccccc3)o2)cc1. The lowest BCUT2D eigenvalue weighted by atomic mass is 10.0. The fourth-order valence-corrected chi connectivity index (χ4v) is 3.89. The van der Waals surface area contributed by atoms with Crippen molar-refractivity contribution in [3.63, 3.8) is 0 Å². The van der Waals surface area contributed by atoms with Crippen molar-refractivity contribution in [3.8, 4) is 5.75 Å². The van der Waals surface area contributed by atoms with E-state index in [0.29, 0.717) is 5.75 Å². The molecule has 1 saturated heterocycles. The number of likely N-dealkylation sites (tertiary alicyclic amines) is 1. The monoisotopic (exact) mass is 406 g/mol. The molecule has 0 aliphatic carbocycles. The predicted molar refractivity (Wildman–Crippen MR) is 112 cm³/mol. The summed E-state index contributed by atoms with van der Waals surface area (Å²) in [5, 5.41) is 8.72. The Labute approximate surface area is 176 Å². The van der Waals surface area contributed by atoms with Gasteiger partial charge in [-0.1, -0.05) is 48.9 Å². The summed E-state index contributed by atoms with van der Waals surface area (Å²) in [5.74, 6) is 1.27. The first-order chi connectivity index (χ1) is 14.7. The Morgan fingerprint density at radius 2 is 1.90 bits per heavy atom. The Morgan fingerprint density at radius 3 is 2.67 bits per heavy atom. The van der Waals surface area contributed by atoms with Gasteiger partial charge in [0.1, 0.15) is 11.5 Å². The number of hydrogen-bond acceptors (Lipinski definition) is 5. The van der Waals surface area contributed by atoms with Crippen LogP contribution in [0.2, 0.25) is 0 Å². The highest BCUT2D eigenvalue weighted by atomic mass is 16.5. The van der Waals surface area contributed by atoms with Crippen molar-refractivity contribution >= 4 is 5.97 Å². The molecule has 1 aromatic heterocycles. The number of carbonyl (C=O) groups is 1. The average Bonchev–Trinajstić information content (AvgIpc) is 3.22. The van der Waals surface area contributed by atoms with E-state index in [9.17, 15) is 4.79 Å². The van der Waals surface area contributed by atoms with E-state index in [2.05, 4.69) is 22.0 Å². The molecule has 0 saturated carbocycles. The van der Waals surface area contributed by atoms with E-state index in [1.54, 1.807) is 0 Å². The zero-order chi connectivity index (χ0) is 20.8. The zero-order valence-electron chi connectivity index (χ0n) is 16.9. The van der Waals surface area contributed by atoms with Gasteiger partial charge in [-0.15, -0.1) is 0 Å². The molecule has 156 valence electrons.